The molecule has 2 aromatic carbocycles. The van der Waals surface area contributed by atoms with Crippen LogP contribution >= 0.6 is 0 Å². The number of anilines is 1. The Labute approximate surface area is 156 Å². The molecular formula is C21H19N5O. The first-order chi connectivity index (χ1) is 13.1. The Morgan fingerprint density at radius 2 is 1.93 bits per heavy atom. The van der Waals surface area contributed by atoms with E-state index in [1.165, 1.54) is 22.2 Å². The molecule has 0 saturated carbocycles. The highest BCUT2D eigenvalue weighted by molar-refractivity contribution is 5.85. The highest BCUT2D eigenvalue weighted by atomic mass is 16.5. The first kappa shape index (κ1) is 16.0. The van der Waals surface area contributed by atoms with Crippen molar-refractivity contribution in [1.29, 1.82) is 0 Å². The number of rotatable bonds is 2. The van der Waals surface area contributed by atoms with Crippen molar-refractivity contribution in [1.82, 2.24) is 19.5 Å². The SMILES string of the molecule is CC1(/C=C/c2ccc3ccccc3c2)CCn2cnc3ncnc(c32)N1O. The lowest BCUT2D eigenvalue weighted by Crippen LogP contribution is -2.43. The fraction of sp³-hybridized carbons (Fsp3) is 0.190. The normalized spacial score (nSPS) is 19.9. The number of hydrogen-bond acceptors (Lipinski definition) is 5. The summed E-state index contributed by atoms with van der Waals surface area (Å²) in [5, 5.41) is 14.7. The van der Waals surface area contributed by atoms with Crippen molar-refractivity contribution < 1.29 is 5.21 Å². The maximum atomic E-state index is 11.0. The Balaban J connectivity index is 1.53. The van der Waals surface area contributed by atoms with Crippen molar-refractivity contribution in [2.24, 2.45) is 0 Å². The highest BCUT2D eigenvalue weighted by Crippen LogP contribution is 2.34. The van der Waals surface area contributed by atoms with Gasteiger partial charge in [0.1, 0.15) is 11.8 Å². The average Bonchev–Trinajstić information content (AvgIpc) is 3.09. The zero-order valence-electron chi connectivity index (χ0n) is 14.9. The van der Waals surface area contributed by atoms with Crippen LogP contribution in [0, 0.1) is 0 Å². The van der Waals surface area contributed by atoms with E-state index < -0.39 is 5.54 Å². The van der Waals surface area contributed by atoms with Gasteiger partial charge in [-0.2, -0.15) is 0 Å². The van der Waals surface area contributed by atoms with Crippen molar-refractivity contribution in [3.8, 4) is 0 Å². The molecule has 6 heteroatoms. The standard InChI is InChI=1S/C21H19N5O/c1-21(9-8-15-6-7-16-4-2-3-5-17(16)12-15)10-11-25-14-24-19-18(25)20(26(21)27)23-13-22-19/h2-9,12-14,27H,10-11H2,1H3/b9-8+. The summed E-state index contributed by atoms with van der Waals surface area (Å²) in [4.78, 5) is 12.8. The quantitative estimate of drug-likeness (QED) is 0.586. The molecule has 0 saturated heterocycles. The van der Waals surface area contributed by atoms with Crippen LogP contribution in [0.25, 0.3) is 28.0 Å². The van der Waals surface area contributed by atoms with Gasteiger partial charge in [0, 0.05) is 6.54 Å². The van der Waals surface area contributed by atoms with E-state index in [0.717, 1.165) is 24.0 Å². The third-order valence-corrected chi connectivity index (χ3v) is 5.34. The van der Waals surface area contributed by atoms with Crippen molar-refractivity contribution in [2.75, 3.05) is 5.06 Å². The van der Waals surface area contributed by atoms with Crippen LogP contribution in [0.4, 0.5) is 5.82 Å². The van der Waals surface area contributed by atoms with Gasteiger partial charge in [-0.3, -0.25) is 5.21 Å². The van der Waals surface area contributed by atoms with Crippen molar-refractivity contribution >= 4 is 33.8 Å². The fourth-order valence-electron chi connectivity index (χ4n) is 3.65. The first-order valence-electron chi connectivity index (χ1n) is 8.97. The summed E-state index contributed by atoms with van der Waals surface area (Å²) in [6, 6.07) is 14.7. The van der Waals surface area contributed by atoms with E-state index in [0.29, 0.717) is 11.5 Å². The van der Waals surface area contributed by atoms with Crippen molar-refractivity contribution in [3.63, 3.8) is 0 Å². The van der Waals surface area contributed by atoms with Gasteiger partial charge in [0.2, 0.25) is 0 Å². The van der Waals surface area contributed by atoms with Crippen LogP contribution in [0.3, 0.4) is 0 Å². The molecular weight excluding hydrogens is 338 g/mol. The molecule has 4 aromatic rings. The number of hydrogen-bond donors (Lipinski definition) is 1. The van der Waals surface area contributed by atoms with Gasteiger partial charge in [0.25, 0.3) is 0 Å². The smallest absolute Gasteiger partial charge is 0.183 e. The second-order valence-corrected chi connectivity index (χ2v) is 7.17. The molecule has 0 aliphatic carbocycles. The lowest BCUT2D eigenvalue weighted by Gasteiger charge is -2.33. The number of benzene rings is 2. The van der Waals surface area contributed by atoms with E-state index in [2.05, 4.69) is 51.4 Å². The average molecular weight is 357 g/mol. The maximum absolute atomic E-state index is 11.0. The minimum absolute atomic E-state index is 0.487. The van der Waals surface area contributed by atoms with Crippen LogP contribution in [0.1, 0.15) is 18.9 Å². The molecule has 2 aromatic heterocycles. The molecule has 1 N–H and O–H groups in total. The van der Waals surface area contributed by atoms with Crippen LogP contribution < -0.4 is 5.06 Å². The molecule has 0 spiro atoms. The molecule has 134 valence electrons. The number of imidazole rings is 1. The van der Waals surface area contributed by atoms with E-state index in [1.807, 2.05) is 29.7 Å². The lowest BCUT2D eigenvalue weighted by molar-refractivity contribution is 0.178. The number of fused-ring (bicyclic) bond motifs is 1. The first-order valence-corrected chi connectivity index (χ1v) is 8.97. The summed E-state index contributed by atoms with van der Waals surface area (Å²) in [5.74, 6) is 0.487. The molecule has 1 atom stereocenters. The van der Waals surface area contributed by atoms with Crippen LogP contribution in [-0.2, 0) is 6.54 Å². The molecule has 1 aliphatic heterocycles. The van der Waals surface area contributed by atoms with Crippen LogP contribution in [0.15, 0.2) is 61.2 Å². The van der Waals surface area contributed by atoms with E-state index in [9.17, 15) is 5.21 Å². The van der Waals surface area contributed by atoms with Gasteiger partial charge in [-0.15, -0.1) is 0 Å². The predicted molar refractivity (Wildman–Crippen MR) is 106 cm³/mol. The molecule has 6 nitrogen and oxygen atoms in total. The molecule has 27 heavy (non-hydrogen) atoms. The number of hydroxylamine groups is 1. The predicted octanol–water partition coefficient (Wildman–Crippen LogP) is 4.05. The van der Waals surface area contributed by atoms with Crippen molar-refractivity contribution in [3.05, 3.63) is 66.8 Å². The van der Waals surface area contributed by atoms with Gasteiger partial charge in [0.15, 0.2) is 11.5 Å². The number of nitrogens with zero attached hydrogens (tertiary/aromatic N) is 5. The molecule has 1 aliphatic rings. The maximum Gasteiger partial charge on any atom is 0.183 e. The molecule has 5 rings (SSSR count). The molecule has 0 radical (unpaired) electrons. The zero-order chi connectivity index (χ0) is 18.4. The van der Waals surface area contributed by atoms with E-state index in [4.69, 9.17) is 0 Å². The Bertz CT molecular complexity index is 1180. The zero-order valence-corrected chi connectivity index (χ0v) is 14.9. The topological polar surface area (TPSA) is 67.1 Å². The Kier molecular flexibility index (Phi) is 3.48. The minimum Gasteiger partial charge on any atom is -0.326 e. The molecule has 3 heterocycles. The summed E-state index contributed by atoms with van der Waals surface area (Å²) >= 11 is 0. The van der Waals surface area contributed by atoms with Crippen LogP contribution in [0.5, 0.6) is 0 Å². The van der Waals surface area contributed by atoms with Gasteiger partial charge in [-0.25, -0.2) is 20.0 Å². The monoisotopic (exact) mass is 357 g/mol. The second-order valence-electron chi connectivity index (χ2n) is 7.17. The molecule has 0 bridgehead atoms. The minimum atomic E-state index is -0.591. The Hall–Kier alpha value is -3.25. The van der Waals surface area contributed by atoms with E-state index in [-0.39, 0.29) is 0 Å². The third-order valence-electron chi connectivity index (χ3n) is 5.34. The van der Waals surface area contributed by atoms with Gasteiger partial charge in [0.05, 0.1) is 11.9 Å². The summed E-state index contributed by atoms with van der Waals surface area (Å²) in [6.07, 6.45) is 8.03. The summed E-state index contributed by atoms with van der Waals surface area (Å²) in [6.45, 7) is 2.74. The number of aromatic nitrogens is 4. The molecule has 0 amide bonds. The van der Waals surface area contributed by atoms with Gasteiger partial charge >= 0.3 is 0 Å². The molecule has 0 fully saturated rings. The van der Waals surface area contributed by atoms with Gasteiger partial charge < -0.3 is 4.57 Å². The molecule has 1 unspecified atom stereocenters. The van der Waals surface area contributed by atoms with E-state index >= 15 is 0 Å². The third kappa shape index (κ3) is 2.57. The Morgan fingerprint density at radius 3 is 2.81 bits per heavy atom. The largest absolute Gasteiger partial charge is 0.326 e. The van der Waals surface area contributed by atoms with E-state index in [1.54, 1.807) is 6.33 Å². The van der Waals surface area contributed by atoms with Crippen LogP contribution in [-0.4, -0.2) is 30.3 Å². The fourth-order valence-corrected chi connectivity index (χ4v) is 3.65. The van der Waals surface area contributed by atoms with Gasteiger partial charge in [-0.05, 0) is 35.7 Å². The Morgan fingerprint density at radius 1 is 1.07 bits per heavy atom. The highest BCUT2D eigenvalue weighted by Gasteiger charge is 2.34. The summed E-state index contributed by atoms with van der Waals surface area (Å²) < 4.78 is 2.00. The van der Waals surface area contributed by atoms with Crippen molar-refractivity contribution in [2.45, 2.75) is 25.4 Å². The summed E-state index contributed by atoms with van der Waals surface area (Å²) in [5.41, 5.74) is 1.87. The van der Waals surface area contributed by atoms with Gasteiger partial charge in [-0.1, -0.05) is 48.6 Å². The second kappa shape index (κ2) is 5.89. The van der Waals surface area contributed by atoms with Crippen LogP contribution in [0.2, 0.25) is 0 Å². The lowest BCUT2D eigenvalue weighted by atomic mass is 9.95. The summed E-state index contributed by atoms with van der Waals surface area (Å²) in [7, 11) is 0. The number of aryl methyl sites for hydroxylation is 1.